The van der Waals surface area contributed by atoms with Gasteiger partial charge in [-0.25, -0.2) is 9.37 Å². The van der Waals surface area contributed by atoms with Gasteiger partial charge in [0, 0.05) is 17.9 Å². The zero-order chi connectivity index (χ0) is 12.6. The molecule has 0 bridgehead atoms. The molecule has 1 heterocycles. The molecule has 2 aromatic rings. The Morgan fingerprint density at radius 1 is 1.59 bits per heavy atom. The van der Waals surface area contributed by atoms with E-state index in [1.165, 1.54) is 6.07 Å². The van der Waals surface area contributed by atoms with Crippen LogP contribution in [0.2, 0.25) is 5.02 Å². The highest BCUT2D eigenvalue weighted by atomic mass is 35.5. The first-order valence-electron chi connectivity index (χ1n) is 5.16. The van der Waals surface area contributed by atoms with Crippen LogP contribution in [0.3, 0.4) is 0 Å². The van der Waals surface area contributed by atoms with Crippen molar-refractivity contribution < 1.29 is 4.39 Å². The van der Waals surface area contributed by atoms with Crippen LogP contribution in [0.25, 0.3) is 11.0 Å². The summed E-state index contributed by atoms with van der Waals surface area (Å²) in [5.74, 6) is -0.0794. The molecule has 6 heteroatoms. The van der Waals surface area contributed by atoms with E-state index in [0.29, 0.717) is 16.7 Å². The van der Waals surface area contributed by atoms with Crippen molar-refractivity contribution >= 4 is 40.3 Å². The Kier molecular flexibility index (Phi) is 3.49. The normalized spacial score (nSPS) is 13.2. The summed E-state index contributed by atoms with van der Waals surface area (Å²) >= 11 is 7.51. The molecule has 0 amide bonds. The van der Waals surface area contributed by atoms with E-state index in [0.717, 1.165) is 12.1 Å². The van der Waals surface area contributed by atoms with Gasteiger partial charge in [-0.2, -0.15) is 11.8 Å². The Hall–Kier alpha value is -0.940. The van der Waals surface area contributed by atoms with E-state index in [1.807, 2.05) is 10.8 Å². The van der Waals surface area contributed by atoms with Gasteiger partial charge in [0.25, 0.3) is 0 Å². The fraction of sp³-hybridized carbons (Fsp3) is 0.364. The topological polar surface area (TPSA) is 43.8 Å². The second kappa shape index (κ2) is 4.74. The second-order valence-corrected chi connectivity index (χ2v) is 5.57. The van der Waals surface area contributed by atoms with Gasteiger partial charge < -0.3 is 10.3 Å². The SMILES string of the molecule is CSC(C)Cn1c(N)nc2cc(F)c(Cl)cc21. The second-order valence-electron chi connectivity index (χ2n) is 3.88. The average molecular weight is 274 g/mol. The van der Waals surface area contributed by atoms with Crippen molar-refractivity contribution in [2.75, 3.05) is 12.0 Å². The largest absolute Gasteiger partial charge is 0.369 e. The van der Waals surface area contributed by atoms with Crippen LogP contribution in [0.4, 0.5) is 10.3 Å². The number of anilines is 1. The standard InChI is InChI=1S/C11H13ClFN3S/c1-6(17-2)5-16-10-3-7(12)8(13)4-9(10)15-11(16)14/h3-4,6H,5H2,1-2H3,(H2,14,15). The van der Waals surface area contributed by atoms with Crippen molar-refractivity contribution in [3.05, 3.63) is 23.0 Å². The summed E-state index contributed by atoms with van der Waals surface area (Å²) in [7, 11) is 0. The number of nitrogens with zero attached hydrogens (tertiary/aromatic N) is 2. The van der Waals surface area contributed by atoms with Gasteiger partial charge in [0.15, 0.2) is 0 Å². The molecule has 0 aliphatic carbocycles. The molecule has 1 aromatic heterocycles. The number of benzene rings is 1. The molecule has 0 radical (unpaired) electrons. The zero-order valence-electron chi connectivity index (χ0n) is 9.58. The van der Waals surface area contributed by atoms with Crippen molar-refractivity contribution in [1.82, 2.24) is 9.55 Å². The highest BCUT2D eigenvalue weighted by molar-refractivity contribution is 7.99. The van der Waals surface area contributed by atoms with Gasteiger partial charge in [0.05, 0.1) is 16.1 Å². The van der Waals surface area contributed by atoms with Crippen molar-refractivity contribution in [3.8, 4) is 0 Å². The summed E-state index contributed by atoms with van der Waals surface area (Å²) in [6, 6.07) is 2.89. The van der Waals surface area contributed by atoms with Crippen LogP contribution in [-0.2, 0) is 6.54 Å². The molecule has 0 fully saturated rings. The first kappa shape index (κ1) is 12.5. The van der Waals surface area contributed by atoms with Crippen molar-refractivity contribution in [3.63, 3.8) is 0 Å². The number of aromatic nitrogens is 2. The Balaban J connectivity index is 2.54. The molecule has 0 aliphatic rings. The highest BCUT2D eigenvalue weighted by Crippen LogP contribution is 2.25. The molecule has 17 heavy (non-hydrogen) atoms. The van der Waals surface area contributed by atoms with E-state index in [9.17, 15) is 4.39 Å². The van der Waals surface area contributed by atoms with E-state index in [2.05, 4.69) is 11.9 Å². The van der Waals surface area contributed by atoms with E-state index in [1.54, 1.807) is 17.8 Å². The molecule has 1 unspecified atom stereocenters. The summed E-state index contributed by atoms with van der Waals surface area (Å²) in [5.41, 5.74) is 7.15. The Labute approximate surface area is 108 Å². The molecule has 92 valence electrons. The monoisotopic (exact) mass is 273 g/mol. The van der Waals surface area contributed by atoms with Crippen molar-refractivity contribution in [1.29, 1.82) is 0 Å². The van der Waals surface area contributed by atoms with E-state index < -0.39 is 5.82 Å². The van der Waals surface area contributed by atoms with Gasteiger partial charge >= 0.3 is 0 Å². The van der Waals surface area contributed by atoms with Crippen molar-refractivity contribution in [2.45, 2.75) is 18.7 Å². The summed E-state index contributed by atoms with van der Waals surface area (Å²) < 4.78 is 15.2. The fourth-order valence-electron chi connectivity index (χ4n) is 1.66. The zero-order valence-corrected chi connectivity index (χ0v) is 11.1. The lowest BCUT2D eigenvalue weighted by Crippen LogP contribution is -2.11. The van der Waals surface area contributed by atoms with Crippen LogP contribution in [0.5, 0.6) is 0 Å². The first-order chi connectivity index (χ1) is 8.02. The molecule has 3 nitrogen and oxygen atoms in total. The number of rotatable bonds is 3. The molecule has 0 saturated carbocycles. The minimum atomic E-state index is -0.471. The predicted octanol–water partition coefficient (Wildman–Crippen LogP) is 3.16. The smallest absolute Gasteiger partial charge is 0.201 e. The van der Waals surface area contributed by atoms with Gasteiger partial charge in [-0.1, -0.05) is 18.5 Å². The van der Waals surface area contributed by atoms with E-state index in [-0.39, 0.29) is 5.02 Å². The third-order valence-corrected chi connectivity index (χ3v) is 3.91. The summed E-state index contributed by atoms with van der Waals surface area (Å²) in [6.07, 6.45) is 2.03. The Bertz CT molecular complexity index is 555. The third kappa shape index (κ3) is 2.35. The molecule has 1 atom stereocenters. The maximum absolute atomic E-state index is 13.3. The molecule has 0 aliphatic heterocycles. The van der Waals surface area contributed by atoms with E-state index in [4.69, 9.17) is 17.3 Å². The van der Waals surface area contributed by atoms with Crippen LogP contribution >= 0.6 is 23.4 Å². The van der Waals surface area contributed by atoms with Crippen LogP contribution in [0, 0.1) is 5.82 Å². The number of fused-ring (bicyclic) bond motifs is 1. The van der Waals surface area contributed by atoms with Crippen LogP contribution in [0.15, 0.2) is 12.1 Å². The number of halogens is 2. The van der Waals surface area contributed by atoms with Gasteiger partial charge in [0.2, 0.25) is 5.95 Å². The number of nitrogens with two attached hydrogens (primary N) is 1. The maximum atomic E-state index is 13.3. The lowest BCUT2D eigenvalue weighted by Gasteiger charge is -2.11. The van der Waals surface area contributed by atoms with Crippen molar-refractivity contribution in [2.24, 2.45) is 0 Å². The van der Waals surface area contributed by atoms with E-state index >= 15 is 0 Å². The molecule has 2 N–H and O–H groups in total. The summed E-state index contributed by atoms with van der Waals surface area (Å²) in [6.45, 7) is 2.83. The molecular weight excluding hydrogens is 261 g/mol. The lowest BCUT2D eigenvalue weighted by molar-refractivity contribution is 0.629. The van der Waals surface area contributed by atoms with Crippen LogP contribution in [0.1, 0.15) is 6.92 Å². The average Bonchev–Trinajstić information content (AvgIpc) is 2.56. The minimum Gasteiger partial charge on any atom is -0.369 e. The number of imidazole rings is 1. The number of thioether (sulfide) groups is 1. The highest BCUT2D eigenvalue weighted by Gasteiger charge is 2.13. The predicted molar refractivity (Wildman–Crippen MR) is 72.1 cm³/mol. The quantitative estimate of drug-likeness (QED) is 0.934. The minimum absolute atomic E-state index is 0.0930. The fourth-order valence-corrected chi connectivity index (χ4v) is 2.12. The van der Waals surface area contributed by atoms with Gasteiger partial charge in [-0.15, -0.1) is 0 Å². The summed E-state index contributed by atoms with van der Waals surface area (Å²) in [5, 5.41) is 0.494. The molecule has 1 aromatic carbocycles. The molecule has 0 saturated heterocycles. The number of nitrogen functional groups attached to an aromatic ring is 1. The Morgan fingerprint density at radius 2 is 2.29 bits per heavy atom. The number of hydrogen-bond donors (Lipinski definition) is 1. The molecule has 0 spiro atoms. The third-order valence-electron chi connectivity index (χ3n) is 2.66. The van der Waals surface area contributed by atoms with Gasteiger partial charge in [-0.05, 0) is 12.3 Å². The van der Waals surface area contributed by atoms with Crippen LogP contribution in [-0.4, -0.2) is 21.1 Å². The molecular formula is C11H13ClFN3S. The molecule has 2 rings (SSSR count). The van der Waals surface area contributed by atoms with Gasteiger partial charge in [-0.3, -0.25) is 0 Å². The number of hydrogen-bond acceptors (Lipinski definition) is 3. The maximum Gasteiger partial charge on any atom is 0.201 e. The Morgan fingerprint density at radius 3 is 2.94 bits per heavy atom. The lowest BCUT2D eigenvalue weighted by atomic mass is 10.3. The van der Waals surface area contributed by atoms with Gasteiger partial charge in [0.1, 0.15) is 5.82 Å². The van der Waals surface area contributed by atoms with Crippen LogP contribution < -0.4 is 5.73 Å². The summed E-state index contributed by atoms with van der Waals surface area (Å²) in [4.78, 5) is 4.14. The first-order valence-corrected chi connectivity index (χ1v) is 6.83.